The first-order valence-electron chi connectivity index (χ1n) is 11.5. The minimum atomic E-state index is -3.04. The summed E-state index contributed by atoms with van der Waals surface area (Å²) in [6.45, 7) is 0. The maximum Gasteiger partial charge on any atom is 0.171 e. The molecule has 2 heteroatoms. The van der Waals surface area contributed by atoms with Gasteiger partial charge in [0.2, 0.25) is 0 Å². The van der Waals surface area contributed by atoms with E-state index in [1.807, 2.05) is 60.7 Å². The molecule has 0 fully saturated rings. The lowest BCUT2D eigenvalue weighted by Crippen LogP contribution is -2.25. The van der Waals surface area contributed by atoms with E-state index in [0.717, 1.165) is 32.2 Å². The topological polar surface area (TPSA) is 17.1 Å². The molecule has 0 aliphatic rings. The van der Waals surface area contributed by atoms with Crippen LogP contribution in [-0.2, 0) is 4.57 Å². The van der Waals surface area contributed by atoms with Gasteiger partial charge in [-0.25, -0.2) is 0 Å². The van der Waals surface area contributed by atoms with Crippen LogP contribution < -0.4 is 15.9 Å². The summed E-state index contributed by atoms with van der Waals surface area (Å²) in [6, 6.07) is 47.4. The molecule has 0 spiro atoms. The monoisotopic (exact) mass is 454 g/mol. The molecule has 0 saturated heterocycles. The normalized spacial score (nSPS) is 13.1. The highest BCUT2D eigenvalue weighted by Gasteiger charge is 2.29. The summed E-state index contributed by atoms with van der Waals surface area (Å²) in [6.07, 6.45) is 0. The lowest BCUT2D eigenvalue weighted by molar-refractivity contribution is 0.592. The van der Waals surface area contributed by atoms with E-state index in [2.05, 4.69) is 78.9 Å². The molecule has 0 aliphatic carbocycles. The van der Waals surface area contributed by atoms with Crippen molar-refractivity contribution in [3.63, 3.8) is 0 Å². The fourth-order valence-corrected chi connectivity index (χ4v) is 7.45. The van der Waals surface area contributed by atoms with Gasteiger partial charge in [-0.2, -0.15) is 0 Å². The molecule has 6 aromatic rings. The Kier molecular flexibility index (Phi) is 5.13. The Hall–Kier alpha value is -3.93. The van der Waals surface area contributed by atoms with Crippen LogP contribution in [0.15, 0.2) is 140 Å². The molecule has 0 heterocycles. The Balaban J connectivity index is 1.51. The van der Waals surface area contributed by atoms with E-state index in [1.165, 1.54) is 16.3 Å². The van der Waals surface area contributed by atoms with E-state index < -0.39 is 7.14 Å². The third-order valence-corrected chi connectivity index (χ3v) is 9.60. The molecule has 6 rings (SSSR count). The zero-order valence-electron chi connectivity index (χ0n) is 18.6. The van der Waals surface area contributed by atoms with Crippen molar-refractivity contribution in [3.05, 3.63) is 140 Å². The zero-order valence-corrected chi connectivity index (χ0v) is 19.5. The van der Waals surface area contributed by atoms with Gasteiger partial charge in [0.05, 0.1) is 0 Å². The molecule has 1 nitrogen and oxygen atoms in total. The summed E-state index contributed by atoms with van der Waals surface area (Å²) in [4.78, 5) is 0. The average Bonchev–Trinajstić information content (AvgIpc) is 2.92. The van der Waals surface area contributed by atoms with E-state index in [1.54, 1.807) is 0 Å². The van der Waals surface area contributed by atoms with Gasteiger partial charge < -0.3 is 4.57 Å². The minimum Gasteiger partial charge on any atom is -0.309 e. The number of fused-ring (bicyclic) bond motifs is 2. The van der Waals surface area contributed by atoms with Gasteiger partial charge in [0, 0.05) is 15.9 Å². The molecule has 0 bridgehead atoms. The second-order valence-electron chi connectivity index (χ2n) is 8.55. The predicted molar refractivity (Wildman–Crippen MR) is 146 cm³/mol. The highest BCUT2D eigenvalue weighted by molar-refractivity contribution is 7.85. The van der Waals surface area contributed by atoms with Gasteiger partial charge in [-0.1, -0.05) is 133 Å². The van der Waals surface area contributed by atoms with E-state index in [0.29, 0.717) is 0 Å². The number of benzene rings is 6. The van der Waals surface area contributed by atoms with Crippen molar-refractivity contribution in [2.45, 2.75) is 0 Å². The zero-order chi connectivity index (χ0) is 23.0. The summed E-state index contributed by atoms with van der Waals surface area (Å²) in [5.41, 5.74) is 2.31. The smallest absolute Gasteiger partial charge is 0.171 e. The van der Waals surface area contributed by atoms with Gasteiger partial charge in [-0.3, -0.25) is 0 Å². The van der Waals surface area contributed by atoms with Crippen LogP contribution in [0.1, 0.15) is 0 Å². The Bertz CT molecular complexity index is 1660. The lowest BCUT2D eigenvalue weighted by Gasteiger charge is -2.21. The van der Waals surface area contributed by atoms with Crippen LogP contribution in [0.4, 0.5) is 0 Å². The van der Waals surface area contributed by atoms with Gasteiger partial charge in [0.1, 0.15) is 0 Å². The van der Waals surface area contributed by atoms with Crippen LogP contribution in [0.2, 0.25) is 0 Å². The molecule has 0 radical (unpaired) electrons. The van der Waals surface area contributed by atoms with Crippen LogP contribution in [0.5, 0.6) is 0 Å². The summed E-state index contributed by atoms with van der Waals surface area (Å²) in [7, 11) is -3.04. The van der Waals surface area contributed by atoms with Crippen molar-refractivity contribution in [2.24, 2.45) is 0 Å². The first-order valence-corrected chi connectivity index (χ1v) is 13.2. The van der Waals surface area contributed by atoms with Crippen molar-refractivity contribution >= 4 is 44.6 Å². The van der Waals surface area contributed by atoms with Crippen molar-refractivity contribution in [1.29, 1.82) is 0 Å². The van der Waals surface area contributed by atoms with E-state index in [-0.39, 0.29) is 0 Å². The standard InChI is InChI=1S/C32H23OP/c33-34(28-13-2-1-3-14-28,30-22-17-24-9-4-5-11-27(24)23-30)29-20-18-26(19-21-29)32-16-8-12-25-10-6-7-15-31(25)32/h1-23H. The van der Waals surface area contributed by atoms with Crippen molar-refractivity contribution in [3.8, 4) is 11.1 Å². The largest absolute Gasteiger partial charge is 0.309 e. The minimum absolute atomic E-state index is 0.845. The molecule has 0 amide bonds. The second-order valence-corrected chi connectivity index (χ2v) is 11.3. The third-order valence-electron chi connectivity index (χ3n) is 6.55. The van der Waals surface area contributed by atoms with E-state index in [4.69, 9.17) is 0 Å². The van der Waals surface area contributed by atoms with E-state index in [9.17, 15) is 4.57 Å². The molecule has 6 aromatic carbocycles. The number of hydrogen-bond acceptors (Lipinski definition) is 1. The Morgan fingerprint density at radius 2 is 1.00 bits per heavy atom. The molecule has 0 N–H and O–H groups in total. The quantitative estimate of drug-likeness (QED) is 0.256. The van der Waals surface area contributed by atoms with E-state index >= 15 is 0 Å². The van der Waals surface area contributed by atoms with Crippen LogP contribution >= 0.6 is 7.14 Å². The Labute approximate surface area is 199 Å². The molecule has 0 saturated carbocycles. The van der Waals surface area contributed by atoms with Crippen LogP contribution in [0.25, 0.3) is 32.7 Å². The van der Waals surface area contributed by atoms with Crippen molar-refractivity contribution in [2.75, 3.05) is 0 Å². The van der Waals surface area contributed by atoms with Crippen molar-refractivity contribution < 1.29 is 4.57 Å². The van der Waals surface area contributed by atoms with Crippen LogP contribution in [0, 0.1) is 0 Å². The fraction of sp³-hybridized carbons (Fsp3) is 0. The molecule has 162 valence electrons. The Morgan fingerprint density at radius 3 is 1.79 bits per heavy atom. The summed E-state index contributed by atoms with van der Waals surface area (Å²) in [5.74, 6) is 0. The maximum absolute atomic E-state index is 14.9. The van der Waals surface area contributed by atoms with Gasteiger partial charge in [0.25, 0.3) is 0 Å². The summed E-state index contributed by atoms with van der Waals surface area (Å²) in [5, 5.41) is 7.24. The molecular weight excluding hydrogens is 431 g/mol. The fourth-order valence-electron chi connectivity index (χ4n) is 4.79. The SMILES string of the molecule is O=P(c1ccccc1)(c1ccc(-c2cccc3ccccc23)cc1)c1ccc2ccccc2c1. The number of hydrogen-bond donors (Lipinski definition) is 0. The molecular formula is C32H23OP. The predicted octanol–water partition coefficient (Wildman–Crippen LogP) is 7.30. The first kappa shape index (κ1) is 20.7. The van der Waals surface area contributed by atoms with Gasteiger partial charge in [-0.05, 0) is 38.7 Å². The molecule has 0 aromatic heterocycles. The maximum atomic E-state index is 14.9. The molecule has 1 unspecified atom stereocenters. The Morgan fingerprint density at radius 1 is 0.412 bits per heavy atom. The lowest BCUT2D eigenvalue weighted by atomic mass is 9.98. The van der Waals surface area contributed by atoms with Gasteiger partial charge in [0.15, 0.2) is 7.14 Å². The number of rotatable bonds is 4. The van der Waals surface area contributed by atoms with Gasteiger partial charge >= 0.3 is 0 Å². The summed E-state index contributed by atoms with van der Waals surface area (Å²) < 4.78 is 14.9. The van der Waals surface area contributed by atoms with Crippen LogP contribution in [0.3, 0.4) is 0 Å². The second kappa shape index (κ2) is 8.45. The highest BCUT2D eigenvalue weighted by atomic mass is 31.2. The molecule has 0 aliphatic heterocycles. The van der Waals surface area contributed by atoms with Crippen LogP contribution in [-0.4, -0.2) is 0 Å². The van der Waals surface area contributed by atoms with Crippen molar-refractivity contribution in [1.82, 2.24) is 0 Å². The highest BCUT2D eigenvalue weighted by Crippen LogP contribution is 2.43. The molecule has 34 heavy (non-hydrogen) atoms. The first-order chi connectivity index (χ1) is 16.7. The third kappa shape index (κ3) is 3.46. The average molecular weight is 455 g/mol. The summed E-state index contributed by atoms with van der Waals surface area (Å²) >= 11 is 0. The van der Waals surface area contributed by atoms with Gasteiger partial charge in [-0.15, -0.1) is 0 Å². The molecule has 1 atom stereocenters.